The first-order valence-corrected chi connectivity index (χ1v) is 13.0. The molecule has 2 heterocycles. The molecule has 0 bridgehead atoms. The zero-order valence-corrected chi connectivity index (χ0v) is 28.3. The summed E-state index contributed by atoms with van der Waals surface area (Å²) in [5, 5.41) is 0. The van der Waals surface area contributed by atoms with E-state index in [1.165, 1.54) is 11.0 Å². The molecule has 0 aliphatic heterocycles. The fourth-order valence-electron chi connectivity index (χ4n) is 4.64. The Morgan fingerprint density at radius 1 is 0.500 bits per heavy atom. The van der Waals surface area contributed by atoms with Gasteiger partial charge in [0.25, 0.3) is 0 Å². The predicted octanol–water partition coefficient (Wildman–Crippen LogP) is -0.970. The quantitative estimate of drug-likeness (QED) is 0.147. The summed E-state index contributed by atoms with van der Waals surface area (Å²) in [5.74, 6) is 2.98. The molecule has 2 aromatic heterocycles. The van der Waals surface area contributed by atoms with E-state index in [2.05, 4.69) is 42.5 Å². The van der Waals surface area contributed by atoms with Gasteiger partial charge in [-0.05, 0) is 48.5 Å². The molecule has 0 spiro atoms. The highest BCUT2D eigenvalue weighted by Gasteiger charge is 2.14. The van der Waals surface area contributed by atoms with Gasteiger partial charge in [-0.25, -0.2) is 9.13 Å². The van der Waals surface area contributed by atoms with Crippen molar-refractivity contribution in [3.63, 3.8) is 0 Å². The van der Waals surface area contributed by atoms with Crippen molar-refractivity contribution < 1.29 is 76.0 Å². The number of aryl methyl sites for hydroxylation is 2. The Bertz CT molecular complexity index is 1610. The second-order valence-electron chi connectivity index (χ2n) is 9.22. The lowest BCUT2D eigenvalue weighted by atomic mass is 10.3. The van der Waals surface area contributed by atoms with E-state index in [-0.39, 0.29) is 48.0 Å². The molecule has 0 amide bonds. The van der Waals surface area contributed by atoms with E-state index in [0.29, 0.717) is 13.5 Å². The molecular formula is C32H34I2N4O4. The Morgan fingerprint density at radius 2 is 0.833 bits per heavy atom. The second kappa shape index (κ2) is 15.6. The summed E-state index contributed by atoms with van der Waals surface area (Å²) in [6.45, 7) is 0.892. The molecule has 0 aliphatic carbocycles. The molecule has 6 aromatic rings. The normalized spacial score (nSPS) is 10.2. The maximum atomic E-state index is 5.86. The van der Waals surface area contributed by atoms with Crippen molar-refractivity contribution in [3.8, 4) is 23.0 Å². The topological polar surface area (TPSA) is 54.5 Å². The van der Waals surface area contributed by atoms with Crippen LogP contribution in [0.1, 0.15) is 0 Å². The van der Waals surface area contributed by atoms with Crippen LogP contribution in [0, 0.1) is 0 Å². The van der Waals surface area contributed by atoms with Gasteiger partial charge in [-0.15, -0.1) is 0 Å². The largest absolute Gasteiger partial charge is 1.00 e. The number of halogens is 2. The molecule has 220 valence electrons. The minimum absolute atomic E-state index is 0. The van der Waals surface area contributed by atoms with Crippen LogP contribution in [0.25, 0.3) is 22.1 Å². The number of hydrogen-bond donors (Lipinski definition) is 0. The maximum absolute atomic E-state index is 5.86. The van der Waals surface area contributed by atoms with Gasteiger partial charge in [0.05, 0.1) is 28.3 Å². The van der Waals surface area contributed by atoms with Gasteiger partial charge in [0.1, 0.15) is 0 Å². The summed E-state index contributed by atoms with van der Waals surface area (Å²) in [6.07, 6.45) is 4.06. The Balaban J connectivity index is 0.000000220. The summed E-state index contributed by atoms with van der Waals surface area (Å²) < 4.78 is 30.6. The molecule has 0 aliphatic rings. The van der Waals surface area contributed by atoms with Crippen molar-refractivity contribution in [2.75, 3.05) is 14.2 Å². The lowest BCUT2D eigenvalue weighted by Gasteiger charge is -2.08. The third kappa shape index (κ3) is 7.46. The first kappa shape index (κ1) is 33.0. The summed E-state index contributed by atoms with van der Waals surface area (Å²) in [5.41, 5.74) is 4.64. The van der Waals surface area contributed by atoms with E-state index in [1.807, 2.05) is 99.5 Å². The van der Waals surface area contributed by atoms with E-state index in [0.717, 1.165) is 34.0 Å². The highest BCUT2D eigenvalue weighted by atomic mass is 127. The maximum Gasteiger partial charge on any atom is 0.247 e. The van der Waals surface area contributed by atoms with Gasteiger partial charge in [-0.3, -0.25) is 0 Å². The average Bonchev–Trinajstić information content (AvgIpc) is 3.51. The third-order valence-corrected chi connectivity index (χ3v) is 6.62. The number of nitrogens with zero attached hydrogens (tertiary/aromatic N) is 4. The van der Waals surface area contributed by atoms with Gasteiger partial charge in [0.15, 0.2) is 45.1 Å². The summed E-state index contributed by atoms with van der Waals surface area (Å²) in [4.78, 5) is 0. The predicted molar refractivity (Wildman–Crippen MR) is 153 cm³/mol. The van der Waals surface area contributed by atoms with Crippen molar-refractivity contribution in [1.29, 1.82) is 0 Å². The molecule has 0 fully saturated rings. The van der Waals surface area contributed by atoms with E-state index in [9.17, 15) is 0 Å². The molecule has 6 rings (SSSR count). The van der Waals surface area contributed by atoms with Gasteiger partial charge in [0.2, 0.25) is 26.1 Å². The Hall–Kier alpha value is -3.52. The summed E-state index contributed by atoms with van der Waals surface area (Å²) in [6, 6.07) is 31.8. The van der Waals surface area contributed by atoms with Crippen LogP contribution in [0.5, 0.6) is 23.0 Å². The van der Waals surface area contributed by atoms with Crippen molar-refractivity contribution in [2.45, 2.75) is 13.5 Å². The number of fused-ring (bicyclic) bond motifs is 2. The van der Waals surface area contributed by atoms with E-state index < -0.39 is 0 Å². The van der Waals surface area contributed by atoms with Crippen LogP contribution in [0.2, 0.25) is 0 Å². The van der Waals surface area contributed by atoms with Crippen LogP contribution in [0.3, 0.4) is 0 Å². The Kier molecular flexibility index (Phi) is 12.3. The molecule has 0 radical (unpaired) electrons. The molecule has 10 heteroatoms. The standard InChI is InChI=1S/2C16H17N2O2.2HI/c2*1-17-11-18(14-8-4-3-7-13(14)17)12-20-16-10-6-5-9-15(16)19-2;;/h2*3-11H,12H2,1-2H3;2*1H/q2*+1;;/p-2. The number of para-hydroxylation sites is 8. The van der Waals surface area contributed by atoms with Crippen molar-refractivity contribution in [2.24, 2.45) is 14.1 Å². The monoisotopic (exact) mass is 792 g/mol. The number of imidazole rings is 2. The van der Waals surface area contributed by atoms with Crippen molar-refractivity contribution in [3.05, 3.63) is 110 Å². The molecule has 42 heavy (non-hydrogen) atoms. The number of methoxy groups -OCH3 is 2. The van der Waals surface area contributed by atoms with Gasteiger partial charge in [-0.2, -0.15) is 9.13 Å². The van der Waals surface area contributed by atoms with Crippen LogP contribution in [-0.2, 0) is 27.6 Å². The van der Waals surface area contributed by atoms with Crippen LogP contribution < -0.4 is 76.0 Å². The molecule has 0 unspecified atom stereocenters. The summed E-state index contributed by atoms with van der Waals surface area (Å²) in [7, 11) is 7.35. The van der Waals surface area contributed by atoms with Gasteiger partial charge < -0.3 is 66.9 Å². The number of rotatable bonds is 8. The minimum Gasteiger partial charge on any atom is -1.00 e. The van der Waals surface area contributed by atoms with Crippen LogP contribution in [0.15, 0.2) is 110 Å². The third-order valence-electron chi connectivity index (χ3n) is 6.62. The molecule has 8 nitrogen and oxygen atoms in total. The molecule has 0 saturated heterocycles. The van der Waals surface area contributed by atoms with Crippen molar-refractivity contribution in [1.82, 2.24) is 9.13 Å². The smallest absolute Gasteiger partial charge is 0.247 e. The molecule has 0 atom stereocenters. The highest BCUT2D eigenvalue weighted by Crippen LogP contribution is 2.27. The Morgan fingerprint density at radius 3 is 1.21 bits per heavy atom. The number of ether oxygens (including phenoxy) is 4. The van der Waals surface area contributed by atoms with Crippen LogP contribution >= 0.6 is 0 Å². The first-order valence-electron chi connectivity index (χ1n) is 13.0. The lowest BCUT2D eigenvalue weighted by Crippen LogP contribution is -3.00. The zero-order valence-electron chi connectivity index (χ0n) is 24.0. The van der Waals surface area contributed by atoms with Gasteiger partial charge in [0, 0.05) is 0 Å². The number of hydrogen-bond acceptors (Lipinski definition) is 4. The van der Waals surface area contributed by atoms with Crippen molar-refractivity contribution >= 4 is 22.1 Å². The first-order chi connectivity index (χ1) is 19.6. The molecule has 0 saturated carbocycles. The Labute approximate surface area is 280 Å². The highest BCUT2D eigenvalue weighted by molar-refractivity contribution is 5.72. The van der Waals surface area contributed by atoms with Gasteiger partial charge in [-0.1, -0.05) is 48.5 Å². The second-order valence-corrected chi connectivity index (χ2v) is 9.22. The fraction of sp³-hybridized carbons (Fsp3) is 0.188. The van der Waals surface area contributed by atoms with E-state index in [1.54, 1.807) is 14.2 Å². The fourth-order valence-corrected chi connectivity index (χ4v) is 4.64. The molecule has 0 N–H and O–H groups in total. The molecular weight excluding hydrogens is 758 g/mol. The average molecular weight is 792 g/mol. The van der Waals surface area contributed by atoms with Crippen LogP contribution in [-0.4, -0.2) is 23.4 Å². The summed E-state index contributed by atoms with van der Waals surface area (Å²) >= 11 is 0. The zero-order chi connectivity index (χ0) is 27.9. The molecule has 4 aromatic carbocycles. The lowest BCUT2D eigenvalue weighted by molar-refractivity contribution is -0.646. The van der Waals surface area contributed by atoms with E-state index >= 15 is 0 Å². The van der Waals surface area contributed by atoms with E-state index in [4.69, 9.17) is 18.9 Å². The van der Waals surface area contributed by atoms with Crippen LogP contribution in [0.4, 0.5) is 0 Å². The SMILES string of the molecule is COc1ccccc1OCn1c[n+](C)c2ccccc21.COc1ccccc1OCn1c[n+](C)c2ccccc21.[I-].[I-]. The van der Waals surface area contributed by atoms with Gasteiger partial charge >= 0.3 is 0 Å². The number of aromatic nitrogens is 4. The number of benzene rings is 4. The minimum atomic E-state index is 0.